The van der Waals surface area contributed by atoms with Gasteiger partial charge in [0.2, 0.25) is 5.95 Å². The third-order valence-corrected chi connectivity index (χ3v) is 4.69. The van der Waals surface area contributed by atoms with Crippen LogP contribution in [0.3, 0.4) is 0 Å². The Balaban J connectivity index is 1.89. The summed E-state index contributed by atoms with van der Waals surface area (Å²) in [5, 5.41) is 11.6. The molecule has 100 valence electrons. The van der Waals surface area contributed by atoms with Crippen molar-refractivity contribution in [1.29, 1.82) is 0 Å². The fraction of sp³-hybridized carbons (Fsp3) is 0.364. The monoisotopic (exact) mass is 279 g/mol. The molecule has 3 rings (SSSR count). The van der Waals surface area contributed by atoms with Crippen LogP contribution in [0.4, 0.5) is 5.95 Å². The van der Waals surface area contributed by atoms with Gasteiger partial charge in [-0.05, 0) is 22.6 Å². The van der Waals surface area contributed by atoms with Crippen molar-refractivity contribution in [3.8, 4) is 5.69 Å². The van der Waals surface area contributed by atoms with Crippen LogP contribution in [-0.2, 0) is 9.84 Å². The van der Waals surface area contributed by atoms with E-state index in [2.05, 4.69) is 15.5 Å². The van der Waals surface area contributed by atoms with E-state index >= 15 is 0 Å². The molecule has 2 aromatic rings. The van der Waals surface area contributed by atoms with Crippen LogP contribution in [0.15, 0.2) is 30.3 Å². The van der Waals surface area contributed by atoms with E-state index in [1.54, 1.807) is 4.68 Å². The number of anilines is 1. The van der Waals surface area contributed by atoms with Gasteiger partial charge in [-0.25, -0.2) is 8.42 Å². The van der Waals surface area contributed by atoms with Gasteiger partial charge in [0, 0.05) is 13.1 Å². The van der Waals surface area contributed by atoms with Crippen LogP contribution in [0.25, 0.3) is 5.69 Å². The Hall–Kier alpha value is -1.96. The van der Waals surface area contributed by atoms with E-state index in [9.17, 15) is 8.42 Å². The molecular formula is C11H13N5O2S. The van der Waals surface area contributed by atoms with E-state index in [1.807, 2.05) is 35.2 Å². The lowest BCUT2D eigenvalue weighted by atomic mass is 10.3. The number of hydrogen-bond acceptors (Lipinski definition) is 6. The number of nitrogens with zero attached hydrogens (tertiary/aromatic N) is 5. The Morgan fingerprint density at radius 2 is 1.74 bits per heavy atom. The summed E-state index contributed by atoms with van der Waals surface area (Å²) < 4.78 is 24.5. The molecule has 0 saturated carbocycles. The standard InChI is InChI=1S/C11H13N5O2S/c17-19(18)8-6-15(7-9-19)11-12-13-14-16(11)10-4-2-1-3-5-10/h1-5H,6-9H2. The van der Waals surface area contributed by atoms with Crippen LogP contribution in [0.1, 0.15) is 0 Å². The van der Waals surface area contributed by atoms with Crippen LogP contribution in [0, 0.1) is 0 Å². The van der Waals surface area contributed by atoms with Gasteiger partial charge in [-0.3, -0.25) is 0 Å². The fourth-order valence-corrected chi connectivity index (χ4v) is 3.23. The molecule has 19 heavy (non-hydrogen) atoms. The van der Waals surface area contributed by atoms with Gasteiger partial charge in [0.25, 0.3) is 0 Å². The molecule has 0 aliphatic carbocycles. The highest BCUT2D eigenvalue weighted by atomic mass is 32.2. The maximum absolute atomic E-state index is 11.4. The Kier molecular flexibility index (Phi) is 2.94. The van der Waals surface area contributed by atoms with Crippen LogP contribution in [0.2, 0.25) is 0 Å². The lowest BCUT2D eigenvalue weighted by Gasteiger charge is -2.26. The van der Waals surface area contributed by atoms with Crippen molar-refractivity contribution in [2.24, 2.45) is 0 Å². The minimum Gasteiger partial charge on any atom is -0.337 e. The van der Waals surface area contributed by atoms with Crippen LogP contribution in [-0.4, -0.2) is 53.2 Å². The zero-order valence-electron chi connectivity index (χ0n) is 10.2. The molecule has 2 heterocycles. The second-order valence-electron chi connectivity index (χ2n) is 4.37. The number of tetrazole rings is 1. The molecule has 0 atom stereocenters. The van der Waals surface area contributed by atoms with Gasteiger partial charge in [0.1, 0.15) is 0 Å². The molecule has 1 aliphatic heterocycles. The first-order valence-electron chi connectivity index (χ1n) is 5.95. The predicted molar refractivity (Wildman–Crippen MR) is 70.0 cm³/mol. The SMILES string of the molecule is O=S1(=O)CCN(c2nnnn2-c2ccccc2)CC1. The number of benzene rings is 1. The zero-order valence-corrected chi connectivity index (χ0v) is 11.0. The molecule has 8 heteroatoms. The number of hydrogen-bond donors (Lipinski definition) is 0. The molecule has 0 bridgehead atoms. The number of rotatable bonds is 2. The van der Waals surface area contributed by atoms with Crippen LogP contribution < -0.4 is 4.90 Å². The summed E-state index contributed by atoms with van der Waals surface area (Å²) in [5.41, 5.74) is 0.857. The van der Waals surface area contributed by atoms with Crippen molar-refractivity contribution >= 4 is 15.8 Å². The summed E-state index contributed by atoms with van der Waals surface area (Å²) >= 11 is 0. The van der Waals surface area contributed by atoms with Crippen molar-refractivity contribution in [2.45, 2.75) is 0 Å². The smallest absolute Gasteiger partial charge is 0.250 e. The normalized spacial score (nSPS) is 18.4. The Bertz CT molecular complexity index is 653. The number of para-hydroxylation sites is 1. The van der Waals surface area contributed by atoms with Gasteiger partial charge in [-0.2, -0.15) is 4.68 Å². The second kappa shape index (κ2) is 4.61. The molecule has 1 aromatic heterocycles. The topological polar surface area (TPSA) is 81.0 Å². The van der Waals surface area contributed by atoms with Gasteiger partial charge in [0.15, 0.2) is 9.84 Å². The highest BCUT2D eigenvalue weighted by Crippen LogP contribution is 2.17. The third kappa shape index (κ3) is 2.43. The first kappa shape index (κ1) is 12.1. The Labute approximate surface area is 110 Å². The van der Waals surface area contributed by atoms with Crippen molar-refractivity contribution in [2.75, 3.05) is 29.5 Å². The van der Waals surface area contributed by atoms with Crippen LogP contribution >= 0.6 is 0 Å². The Morgan fingerprint density at radius 3 is 2.42 bits per heavy atom. The molecule has 0 radical (unpaired) electrons. The third-order valence-electron chi connectivity index (χ3n) is 3.08. The van der Waals surface area contributed by atoms with E-state index < -0.39 is 9.84 Å². The fourth-order valence-electron chi connectivity index (χ4n) is 2.03. The van der Waals surface area contributed by atoms with Crippen molar-refractivity contribution in [3.63, 3.8) is 0 Å². The molecular weight excluding hydrogens is 266 g/mol. The molecule has 1 saturated heterocycles. The lowest BCUT2D eigenvalue weighted by molar-refractivity contribution is 0.585. The molecule has 0 amide bonds. The van der Waals surface area contributed by atoms with Gasteiger partial charge in [0.05, 0.1) is 17.2 Å². The second-order valence-corrected chi connectivity index (χ2v) is 6.67. The summed E-state index contributed by atoms with van der Waals surface area (Å²) in [4.78, 5) is 1.90. The van der Waals surface area contributed by atoms with E-state index in [1.165, 1.54) is 0 Å². The van der Waals surface area contributed by atoms with E-state index in [4.69, 9.17) is 0 Å². The number of aromatic nitrogens is 4. The highest BCUT2D eigenvalue weighted by Gasteiger charge is 2.25. The molecule has 0 spiro atoms. The van der Waals surface area contributed by atoms with Gasteiger partial charge >= 0.3 is 0 Å². The highest BCUT2D eigenvalue weighted by molar-refractivity contribution is 7.91. The summed E-state index contributed by atoms with van der Waals surface area (Å²) in [6.45, 7) is 0.852. The van der Waals surface area contributed by atoms with Gasteiger partial charge in [-0.1, -0.05) is 23.3 Å². The average molecular weight is 279 g/mol. The molecule has 1 aliphatic rings. The Morgan fingerprint density at radius 1 is 1.05 bits per heavy atom. The molecule has 1 fully saturated rings. The molecule has 0 unspecified atom stereocenters. The van der Waals surface area contributed by atoms with Crippen molar-refractivity contribution in [3.05, 3.63) is 30.3 Å². The maximum atomic E-state index is 11.4. The van der Waals surface area contributed by atoms with Gasteiger partial charge < -0.3 is 4.90 Å². The summed E-state index contributed by atoms with van der Waals surface area (Å²) in [6.07, 6.45) is 0. The molecule has 0 N–H and O–H groups in total. The molecule has 7 nitrogen and oxygen atoms in total. The average Bonchev–Trinajstić information content (AvgIpc) is 2.89. The quantitative estimate of drug-likeness (QED) is 0.763. The predicted octanol–water partition coefficient (Wildman–Crippen LogP) is -0.103. The number of sulfone groups is 1. The lowest BCUT2D eigenvalue weighted by Crippen LogP contribution is -2.41. The van der Waals surface area contributed by atoms with E-state index in [-0.39, 0.29) is 11.5 Å². The largest absolute Gasteiger partial charge is 0.337 e. The van der Waals surface area contributed by atoms with E-state index in [0.29, 0.717) is 19.0 Å². The van der Waals surface area contributed by atoms with Crippen molar-refractivity contribution < 1.29 is 8.42 Å². The first-order valence-corrected chi connectivity index (χ1v) is 7.77. The molecule has 1 aromatic carbocycles. The zero-order chi connectivity index (χ0) is 13.3. The van der Waals surface area contributed by atoms with Crippen LogP contribution in [0.5, 0.6) is 0 Å². The summed E-state index contributed by atoms with van der Waals surface area (Å²) in [7, 11) is -2.90. The van der Waals surface area contributed by atoms with Crippen molar-refractivity contribution in [1.82, 2.24) is 20.2 Å². The van der Waals surface area contributed by atoms with Gasteiger partial charge in [-0.15, -0.1) is 0 Å². The van der Waals surface area contributed by atoms with E-state index in [0.717, 1.165) is 5.69 Å². The minimum atomic E-state index is -2.90. The minimum absolute atomic E-state index is 0.147. The first-order chi connectivity index (χ1) is 9.16. The summed E-state index contributed by atoms with van der Waals surface area (Å²) in [6, 6.07) is 9.53. The maximum Gasteiger partial charge on any atom is 0.250 e. The summed E-state index contributed by atoms with van der Waals surface area (Å²) in [5.74, 6) is 0.879.